The quantitative estimate of drug-likeness (QED) is 0.519. The van der Waals surface area contributed by atoms with Crippen molar-refractivity contribution >= 4 is 17.3 Å². The van der Waals surface area contributed by atoms with Gasteiger partial charge in [-0.3, -0.25) is 14.9 Å². The van der Waals surface area contributed by atoms with Crippen molar-refractivity contribution in [1.82, 2.24) is 4.90 Å². The summed E-state index contributed by atoms with van der Waals surface area (Å²) < 4.78 is 45.6. The number of nitrogens with zero attached hydrogens (tertiary/aromatic N) is 2. The van der Waals surface area contributed by atoms with E-state index in [2.05, 4.69) is 10.1 Å². The Morgan fingerprint density at radius 1 is 1.43 bits per heavy atom. The third kappa shape index (κ3) is 2.38. The smallest absolute Gasteiger partial charge is 0.414 e. The number of cyclic esters (lactones) is 1. The molecule has 1 aromatic carbocycles. The van der Waals surface area contributed by atoms with E-state index in [-0.39, 0.29) is 24.3 Å². The molecule has 23 heavy (non-hydrogen) atoms. The minimum atomic E-state index is -4.91. The van der Waals surface area contributed by atoms with Crippen molar-refractivity contribution in [3.63, 3.8) is 0 Å². The van der Waals surface area contributed by atoms with E-state index < -0.39 is 29.0 Å². The Kier molecular flexibility index (Phi) is 3.43. The van der Waals surface area contributed by atoms with Gasteiger partial charge in [-0.2, -0.15) is 13.2 Å². The lowest BCUT2D eigenvalue weighted by Crippen LogP contribution is -2.62. The fraction of sp³-hybridized carbons (Fsp3) is 0.462. The van der Waals surface area contributed by atoms with E-state index in [0.717, 1.165) is 17.0 Å². The Morgan fingerprint density at radius 3 is 2.83 bits per heavy atom. The lowest BCUT2D eigenvalue weighted by atomic mass is 10.2. The van der Waals surface area contributed by atoms with Gasteiger partial charge < -0.3 is 10.1 Å². The summed E-state index contributed by atoms with van der Waals surface area (Å²) in [5.74, 6) is -3.95. The van der Waals surface area contributed by atoms with Crippen LogP contribution in [0.1, 0.15) is 12.8 Å². The number of benzene rings is 1. The van der Waals surface area contributed by atoms with E-state index >= 15 is 0 Å². The van der Waals surface area contributed by atoms with Crippen molar-refractivity contribution in [3.05, 3.63) is 34.4 Å². The topological polar surface area (TPSA) is 84.7 Å². The number of rotatable bonds is 3. The summed E-state index contributed by atoms with van der Waals surface area (Å²) in [5.41, 5.74) is -0.522. The summed E-state index contributed by atoms with van der Waals surface area (Å²) in [6, 6.07) is 3.67. The second kappa shape index (κ2) is 5.08. The van der Waals surface area contributed by atoms with Crippen LogP contribution in [0.25, 0.3) is 0 Å². The first-order valence-electron chi connectivity index (χ1n) is 6.83. The number of halogens is 3. The molecule has 2 saturated heterocycles. The monoisotopic (exact) mass is 331 g/mol. The molecule has 0 spiro atoms. The van der Waals surface area contributed by atoms with Gasteiger partial charge in [0.2, 0.25) is 0 Å². The third-order valence-electron chi connectivity index (χ3n) is 3.93. The molecule has 0 amide bonds. The second-order valence-corrected chi connectivity index (χ2v) is 5.35. The van der Waals surface area contributed by atoms with Crippen LogP contribution in [0.3, 0.4) is 0 Å². The molecule has 1 N–H and O–H groups in total. The molecular weight excluding hydrogens is 319 g/mol. The number of hydrogen-bond donors (Lipinski definition) is 1. The third-order valence-corrected chi connectivity index (χ3v) is 3.93. The van der Waals surface area contributed by atoms with Crippen LogP contribution in [0.15, 0.2) is 24.3 Å². The number of anilines is 1. The van der Waals surface area contributed by atoms with Crippen LogP contribution in [0.2, 0.25) is 0 Å². The lowest BCUT2D eigenvalue weighted by Gasteiger charge is -2.37. The van der Waals surface area contributed by atoms with Crippen molar-refractivity contribution in [1.29, 1.82) is 0 Å². The number of carbonyl (C=O) groups excluding carboxylic acids is 1. The molecule has 2 atom stereocenters. The van der Waals surface area contributed by atoms with Gasteiger partial charge in [-0.25, -0.2) is 4.90 Å². The molecule has 2 fully saturated rings. The number of esters is 1. The van der Waals surface area contributed by atoms with Crippen LogP contribution >= 0.6 is 0 Å². The Hall–Kier alpha value is -2.36. The maximum Gasteiger partial charge on any atom is 0.465 e. The summed E-state index contributed by atoms with van der Waals surface area (Å²) in [6.45, 7) is 0.0395. The zero-order valence-electron chi connectivity index (χ0n) is 11.7. The van der Waals surface area contributed by atoms with Crippen LogP contribution in [0.5, 0.6) is 0 Å². The Labute approximate surface area is 128 Å². The number of ether oxygens (including phenoxy) is 1. The average molecular weight is 331 g/mol. The van der Waals surface area contributed by atoms with E-state index in [0.29, 0.717) is 6.42 Å². The molecule has 124 valence electrons. The van der Waals surface area contributed by atoms with Crippen LogP contribution in [-0.2, 0) is 9.53 Å². The van der Waals surface area contributed by atoms with Gasteiger partial charge in [-0.15, -0.1) is 0 Å². The first kappa shape index (κ1) is 15.5. The minimum Gasteiger partial charge on any atom is -0.414 e. The summed E-state index contributed by atoms with van der Waals surface area (Å²) in [7, 11) is 0. The summed E-state index contributed by atoms with van der Waals surface area (Å²) in [4.78, 5) is 22.7. The molecule has 2 aliphatic heterocycles. The number of nitrogens with one attached hydrogen (secondary N) is 1. The molecule has 2 aliphatic rings. The molecule has 0 bridgehead atoms. The van der Waals surface area contributed by atoms with Crippen molar-refractivity contribution in [2.45, 2.75) is 30.9 Å². The largest absolute Gasteiger partial charge is 0.465 e. The number of hydrogen-bond acceptors (Lipinski definition) is 6. The van der Waals surface area contributed by atoms with Crippen molar-refractivity contribution in [3.8, 4) is 0 Å². The standard InChI is InChI=1S/C13H12F3N3O4/c14-12(15,16)13(18-6-2-5-10(18)11(20)23-13)17-8-3-1-4-9(7-8)19(21)22/h1,3-4,7,10,17H,2,5-6H2/t10-,13?/m1/s1. The first-order chi connectivity index (χ1) is 10.7. The summed E-state index contributed by atoms with van der Waals surface area (Å²) >= 11 is 0. The summed E-state index contributed by atoms with van der Waals surface area (Å²) in [5, 5.41) is 12.9. The van der Waals surface area contributed by atoms with Crippen molar-refractivity contribution < 1.29 is 27.6 Å². The molecule has 7 nitrogen and oxygen atoms in total. The molecular formula is C13H12F3N3O4. The normalized spacial score (nSPS) is 27.6. The highest BCUT2D eigenvalue weighted by molar-refractivity contribution is 5.79. The Bertz CT molecular complexity index is 666. The Morgan fingerprint density at radius 2 is 2.17 bits per heavy atom. The predicted octanol–water partition coefficient (Wildman–Crippen LogP) is 2.24. The average Bonchev–Trinajstić information content (AvgIpc) is 3.03. The van der Waals surface area contributed by atoms with E-state index in [1.165, 1.54) is 12.1 Å². The predicted molar refractivity (Wildman–Crippen MR) is 71.3 cm³/mol. The van der Waals surface area contributed by atoms with E-state index in [1.54, 1.807) is 0 Å². The molecule has 0 aliphatic carbocycles. The van der Waals surface area contributed by atoms with Crippen molar-refractivity contribution in [2.24, 2.45) is 0 Å². The molecule has 3 rings (SSSR count). The number of fused-ring (bicyclic) bond motifs is 1. The van der Waals surface area contributed by atoms with Gasteiger partial charge in [0.15, 0.2) is 0 Å². The maximum absolute atomic E-state index is 13.7. The van der Waals surface area contributed by atoms with Crippen molar-refractivity contribution in [2.75, 3.05) is 11.9 Å². The van der Waals surface area contributed by atoms with Gasteiger partial charge in [0.1, 0.15) is 6.04 Å². The number of nitro benzene ring substituents is 1. The molecule has 2 heterocycles. The molecule has 0 saturated carbocycles. The SMILES string of the molecule is O=C1OC(Nc2cccc([N+](=O)[O-])c2)(C(F)(F)F)N2CCC[C@H]12. The highest BCUT2D eigenvalue weighted by Gasteiger charge is 2.70. The van der Waals surface area contributed by atoms with E-state index in [1.807, 2.05) is 0 Å². The van der Waals surface area contributed by atoms with Crippen LogP contribution in [0.4, 0.5) is 24.5 Å². The maximum atomic E-state index is 13.7. The second-order valence-electron chi connectivity index (χ2n) is 5.35. The van der Waals surface area contributed by atoms with Gasteiger partial charge >= 0.3 is 18.0 Å². The van der Waals surface area contributed by atoms with Crippen LogP contribution < -0.4 is 5.32 Å². The first-order valence-corrected chi connectivity index (χ1v) is 6.83. The molecule has 1 aromatic rings. The van der Waals surface area contributed by atoms with Crippen LogP contribution in [-0.4, -0.2) is 40.4 Å². The lowest BCUT2D eigenvalue weighted by molar-refractivity contribution is -0.384. The number of carbonyl (C=O) groups is 1. The number of non-ortho nitro benzene ring substituents is 1. The molecule has 0 aromatic heterocycles. The fourth-order valence-electron chi connectivity index (χ4n) is 2.94. The zero-order chi connectivity index (χ0) is 16.8. The van der Waals surface area contributed by atoms with Gasteiger partial charge in [0.25, 0.3) is 5.69 Å². The highest BCUT2D eigenvalue weighted by Crippen LogP contribution is 2.46. The Balaban J connectivity index is 2.00. The minimum absolute atomic E-state index is 0.0395. The van der Waals surface area contributed by atoms with Gasteiger partial charge in [-0.05, 0) is 18.9 Å². The molecule has 10 heteroatoms. The summed E-state index contributed by atoms with van der Waals surface area (Å²) in [6.07, 6.45) is -4.19. The van der Waals surface area contributed by atoms with Gasteiger partial charge in [0, 0.05) is 24.4 Å². The fourth-order valence-corrected chi connectivity index (χ4v) is 2.94. The van der Waals surface area contributed by atoms with E-state index in [9.17, 15) is 28.1 Å². The zero-order valence-corrected chi connectivity index (χ0v) is 11.7. The number of nitro groups is 1. The molecule has 1 unspecified atom stereocenters. The van der Waals surface area contributed by atoms with E-state index in [4.69, 9.17) is 0 Å². The van der Waals surface area contributed by atoms with Crippen LogP contribution in [0, 0.1) is 10.1 Å². The van der Waals surface area contributed by atoms with Gasteiger partial charge in [0.05, 0.1) is 4.92 Å². The van der Waals surface area contributed by atoms with Gasteiger partial charge in [-0.1, -0.05) is 6.07 Å². The number of alkyl halides is 3. The highest BCUT2D eigenvalue weighted by atomic mass is 19.4. The molecule has 0 radical (unpaired) electrons.